The van der Waals surface area contributed by atoms with Gasteiger partial charge >= 0.3 is 0 Å². The number of rotatable bonds is 9. The summed E-state index contributed by atoms with van der Waals surface area (Å²) in [6, 6.07) is 11.6. The quantitative estimate of drug-likeness (QED) is 0.234. The number of hydrogen-bond acceptors (Lipinski definition) is 10. The SMILES string of the molecule is O=C(Nc1ncc(F)s1)C(=NO[C@@H]1CCOC1)c1ccc(S(=O)(=O)CCN2C(=O)c3ccccc3C2=O)cc1. The normalized spacial score (nSPS) is 17.4. The molecule has 3 aromatic rings. The molecule has 11 nitrogen and oxygen atoms in total. The van der Waals surface area contributed by atoms with Crippen molar-refractivity contribution in [2.24, 2.45) is 5.16 Å². The third-order valence-corrected chi connectivity index (χ3v) is 8.45. The number of hydrogen-bond donors (Lipinski definition) is 1. The van der Waals surface area contributed by atoms with E-state index in [9.17, 15) is 27.2 Å². The van der Waals surface area contributed by atoms with Gasteiger partial charge in [0, 0.05) is 18.5 Å². The maximum atomic E-state index is 13.3. The van der Waals surface area contributed by atoms with Crippen molar-refractivity contribution in [3.63, 3.8) is 0 Å². The molecule has 3 amide bonds. The molecule has 202 valence electrons. The Labute approximate surface area is 226 Å². The Bertz CT molecular complexity index is 1530. The van der Waals surface area contributed by atoms with Crippen molar-refractivity contribution in [1.82, 2.24) is 9.88 Å². The van der Waals surface area contributed by atoms with Gasteiger partial charge in [-0.1, -0.05) is 40.8 Å². The Balaban J connectivity index is 1.31. The molecular formula is C25H21FN4O7S2. The lowest BCUT2D eigenvalue weighted by Gasteiger charge is -2.14. The molecule has 1 aromatic heterocycles. The number of aromatic nitrogens is 1. The number of oxime groups is 1. The monoisotopic (exact) mass is 572 g/mol. The molecule has 0 saturated carbocycles. The summed E-state index contributed by atoms with van der Waals surface area (Å²) in [7, 11) is -3.90. The fourth-order valence-electron chi connectivity index (χ4n) is 4.01. The zero-order valence-corrected chi connectivity index (χ0v) is 21.8. The van der Waals surface area contributed by atoms with E-state index in [1.165, 1.54) is 36.4 Å². The number of fused-ring (bicyclic) bond motifs is 1. The van der Waals surface area contributed by atoms with Crippen molar-refractivity contribution in [2.75, 3.05) is 30.8 Å². The second kappa shape index (κ2) is 11.0. The summed E-state index contributed by atoms with van der Waals surface area (Å²) in [5, 5.41) is 5.85. The van der Waals surface area contributed by atoms with E-state index >= 15 is 0 Å². The van der Waals surface area contributed by atoms with Crippen molar-refractivity contribution in [3.8, 4) is 0 Å². The van der Waals surface area contributed by atoms with E-state index in [1.54, 1.807) is 12.1 Å². The molecule has 39 heavy (non-hydrogen) atoms. The molecule has 1 N–H and O–H groups in total. The number of benzene rings is 2. The topological polar surface area (TPSA) is 144 Å². The fourth-order valence-corrected chi connectivity index (χ4v) is 5.76. The highest BCUT2D eigenvalue weighted by atomic mass is 32.2. The van der Waals surface area contributed by atoms with Gasteiger partial charge in [0.15, 0.2) is 31.9 Å². The molecule has 14 heteroatoms. The minimum absolute atomic E-state index is 0.0155. The van der Waals surface area contributed by atoms with E-state index in [-0.39, 0.29) is 45.1 Å². The van der Waals surface area contributed by atoms with Crippen LogP contribution in [0, 0.1) is 5.13 Å². The highest BCUT2D eigenvalue weighted by molar-refractivity contribution is 7.91. The summed E-state index contributed by atoms with van der Waals surface area (Å²) < 4.78 is 44.6. The summed E-state index contributed by atoms with van der Waals surface area (Å²) in [5.74, 6) is -2.30. The molecule has 0 bridgehead atoms. The second-order valence-electron chi connectivity index (χ2n) is 8.61. The molecule has 0 radical (unpaired) electrons. The van der Waals surface area contributed by atoms with Crippen LogP contribution in [-0.2, 0) is 24.2 Å². The minimum Gasteiger partial charge on any atom is -0.389 e. The summed E-state index contributed by atoms with van der Waals surface area (Å²) in [6.45, 7) is 0.487. The Hall–Kier alpha value is -4.01. The highest BCUT2D eigenvalue weighted by Gasteiger charge is 2.35. The first-order valence-corrected chi connectivity index (χ1v) is 14.2. The lowest BCUT2D eigenvalue weighted by Crippen LogP contribution is -2.34. The van der Waals surface area contributed by atoms with Gasteiger partial charge in [-0.25, -0.2) is 13.4 Å². The molecule has 3 heterocycles. The van der Waals surface area contributed by atoms with Crippen LogP contribution >= 0.6 is 11.3 Å². The number of ether oxygens (including phenoxy) is 1. The second-order valence-corrected chi connectivity index (χ2v) is 11.7. The van der Waals surface area contributed by atoms with Crippen LogP contribution in [0.1, 0.15) is 32.7 Å². The van der Waals surface area contributed by atoms with E-state index in [2.05, 4.69) is 15.5 Å². The number of sulfone groups is 1. The molecule has 0 spiro atoms. The molecule has 0 aliphatic carbocycles. The van der Waals surface area contributed by atoms with Gasteiger partial charge in [0.2, 0.25) is 0 Å². The Kier molecular flexibility index (Phi) is 7.50. The standard InChI is InChI=1S/C25H21FN4O7S2/c26-20-13-27-25(38-20)28-22(31)21(29-37-16-9-11-36-14-16)15-5-7-17(8-6-15)39(34,35)12-10-30-23(32)18-3-1-2-4-19(18)24(30)33/h1-8,13,16H,9-12,14H2,(H,27,28,31)/t16-/m1/s1. The maximum absolute atomic E-state index is 13.3. The van der Waals surface area contributed by atoms with Gasteiger partial charge in [-0.05, 0) is 24.3 Å². The number of halogens is 1. The van der Waals surface area contributed by atoms with Crippen LogP contribution in [-0.4, -0.2) is 73.4 Å². The first-order chi connectivity index (χ1) is 18.7. The molecule has 1 fully saturated rings. The summed E-state index contributed by atoms with van der Waals surface area (Å²) >= 11 is 0.633. The summed E-state index contributed by atoms with van der Waals surface area (Å²) in [4.78, 5) is 48.1. The van der Waals surface area contributed by atoms with Crippen molar-refractivity contribution >= 4 is 49.7 Å². The van der Waals surface area contributed by atoms with Gasteiger partial charge in [0.05, 0.1) is 41.2 Å². The third kappa shape index (κ3) is 5.72. The minimum atomic E-state index is -3.90. The number of anilines is 1. The van der Waals surface area contributed by atoms with Gasteiger partial charge < -0.3 is 9.57 Å². The van der Waals surface area contributed by atoms with Gasteiger partial charge in [-0.3, -0.25) is 24.6 Å². The Morgan fingerprint density at radius 1 is 1.15 bits per heavy atom. The maximum Gasteiger partial charge on any atom is 0.280 e. The Morgan fingerprint density at radius 3 is 2.44 bits per heavy atom. The Morgan fingerprint density at radius 2 is 1.85 bits per heavy atom. The van der Waals surface area contributed by atoms with E-state index < -0.39 is 38.4 Å². The number of amides is 3. The van der Waals surface area contributed by atoms with Crippen LogP contribution in [0.4, 0.5) is 9.52 Å². The van der Waals surface area contributed by atoms with Gasteiger partial charge in [0.25, 0.3) is 17.7 Å². The zero-order valence-electron chi connectivity index (χ0n) is 20.2. The number of nitrogens with one attached hydrogen (secondary N) is 1. The predicted molar refractivity (Wildman–Crippen MR) is 138 cm³/mol. The van der Waals surface area contributed by atoms with Crippen molar-refractivity contribution < 1.29 is 36.8 Å². The van der Waals surface area contributed by atoms with Crippen LogP contribution in [0.5, 0.6) is 0 Å². The van der Waals surface area contributed by atoms with Gasteiger partial charge in [-0.2, -0.15) is 4.39 Å². The van der Waals surface area contributed by atoms with Gasteiger partial charge in [-0.15, -0.1) is 0 Å². The van der Waals surface area contributed by atoms with E-state index in [4.69, 9.17) is 9.57 Å². The van der Waals surface area contributed by atoms with Crippen LogP contribution in [0.15, 0.2) is 64.8 Å². The molecule has 2 aromatic carbocycles. The number of carbonyl (C=O) groups is 3. The van der Waals surface area contributed by atoms with Crippen molar-refractivity contribution in [1.29, 1.82) is 0 Å². The predicted octanol–water partition coefficient (Wildman–Crippen LogP) is 2.50. The first kappa shape index (κ1) is 26.6. The van der Waals surface area contributed by atoms with E-state index in [0.717, 1.165) is 11.1 Å². The summed E-state index contributed by atoms with van der Waals surface area (Å²) in [5.41, 5.74) is 0.539. The van der Waals surface area contributed by atoms with E-state index in [0.29, 0.717) is 31.0 Å². The lowest BCUT2D eigenvalue weighted by atomic mass is 10.1. The lowest BCUT2D eigenvalue weighted by molar-refractivity contribution is -0.110. The highest BCUT2D eigenvalue weighted by Crippen LogP contribution is 2.23. The smallest absolute Gasteiger partial charge is 0.280 e. The third-order valence-electron chi connectivity index (χ3n) is 6.04. The largest absolute Gasteiger partial charge is 0.389 e. The van der Waals surface area contributed by atoms with Crippen molar-refractivity contribution in [3.05, 3.63) is 76.5 Å². The fraction of sp³-hybridized carbons (Fsp3) is 0.240. The molecule has 2 aliphatic heterocycles. The molecular weight excluding hydrogens is 551 g/mol. The number of thiazole rings is 1. The van der Waals surface area contributed by atoms with Crippen LogP contribution in [0.25, 0.3) is 0 Å². The molecule has 1 atom stereocenters. The van der Waals surface area contributed by atoms with Crippen LogP contribution in [0.3, 0.4) is 0 Å². The van der Waals surface area contributed by atoms with Crippen molar-refractivity contribution in [2.45, 2.75) is 17.4 Å². The van der Waals surface area contributed by atoms with Crippen LogP contribution in [0.2, 0.25) is 0 Å². The average Bonchev–Trinajstić information content (AvgIpc) is 3.65. The van der Waals surface area contributed by atoms with Crippen LogP contribution < -0.4 is 5.32 Å². The summed E-state index contributed by atoms with van der Waals surface area (Å²) in [6.07, 6.45) is 1.19. The average molecular weight is 573 g/mol. The molecule has 0 unspecified atom stereocenters. The zero-order chi connectivity index (χ0) is 27.6. The number of imide groups is 1. The molecule has 2 aliphatic rings. The number of carbonyl (C=O) groups excluding carboxylic acids is 3. The first-order valence-electron chi connectivity index (χ1n) is 11.8. The van der Waals surface area contributed by atoms with Gasteiger partial charge in [0.1, 0.15) is 0 Å². The number of nitrogens with zero attached hydrogens (tertiary/aromatic N) is 3. The van der Waals surface area contributed by atoms with E-state index in [1.807, 2.05) is 0 Å². The molecule has 1 saturated heterocycles. The molecule has 5 rings (SSSR count).